The van der Waals surface area contributed by atoms with Gasteiger partial charge in [0.25, 0.3) is 0 Å². The molecule has 2 aromatic rings. The number of carbonyl (C=O) groups is 1. The number of hydrogen-bond donors (Lipinski definition) is 2. The number of amides is 2. The Hall–Kier alpha value is -2.69. The molecule has 1 aliphatic heterocycles. The van der Waals surface area contributed by atoms with Gasteiger partial charge in [0.2, 0.25) is 0 Å². The standard InChI is InChI=1S/C24H31N3O2/c1-29-22-10-8-21(9-11-22)27-16-12-20(13-17-27)26-23(28)25-18-24(14-5-15-24)19-6-3-2-4-7-19/h2-4,6-11,20H,5,12-18H2,1H3,(H2,25,26,28). The van der Waals surface area contributed by atoms with Crippen LogP contribution in [0.4, 0.5) is 10.5 Å². The lowest BCUT2D eigenvalue weighted by Crippen LogP contribution is -2.52. The number of piperidine rings is 1. The third kappa shape index (κ3) is 4.50. The van der Waals surface area contributed by atoms with E-state index in [4.69, 9.17) is 4.74 Å². The van der Waals surface area contributed by atoms with Gasteiger partial charge in [-0.3, -0.25) is 0 Å². The summed E-state index contributed by atoms with van der Waals surface area (Å²) in [5.74, 6) is 0.877. The summed E-state index contributed by atoms with van der Waals surface area (Å²) in [5.41, 5.74) is 2.68. The Morgan fingerprint density at radius 2 is 1.76 bits per heavy atom. The van der Waals surface area contributed by atoms with Gasteiger partial charge in [-0.2, -0.15) is 0 Å². The van der Waals surface area contributed by atoms with Crippen molar-refractivity contribution in [2.45, 2.75) is 43.6 Å². The van der Waals surface area contributed by atoms with E-state index in [-0.39, 0.29) is 17.5 Å². The molecule has 2 aliphatic rings. The maximum absolute atomic E-state index is 12.5. The molecule has 0 atom stereocenters. The SMILES string of the molecule is COc1ccc(N2CCC(NC(=O)NCC3(c4ccccc4)CCC3)CC2)cc1. The molecule has 1 saturated heterocycles. The fourth-order valence-electron chi connectivity index (χ4n) is 4.52. The van der Waals surface area contributed by atoms with Crippen LogP contribution >= 0.6 is 0 Å². The van der Waals surface area contributed by atoms with Crippen molar-refractivity contribution in [3.63, 3.8) is 0 Å². The van der Waals surface area contributed by atoms with Gasteiger partial charge in [0, 0.05) is 36.8 Å². The highest BCUT2D eigenvalue weighted by Crippen LogP contribution is 2.43. The zero-order valence-electron chi connectivity index (χ0n) is 17.2. The largest absolute Gasteiger partial charge is 0.497 e. The Morgan fingerprint density at radius 3 is 2.34 bits per heavy atom. The fraction of sp³-hybridized carbons (Fsp3) is 0.458. The summed E-state index contributed by atoms with van der Waals surface area (Å²) in [7, 11) is 1.68. The van der Waals surface area contributed by atoms with Crippen LogP contribution < -0.4 is 20.3 Å². The minimum Gasteiger partial charge on any atom is -0.497 e. The van der Waals surface area contributed by atoms with Gasteiger partial charge in [-0.25, -0.2) is 4.79 Å². The summed E-state index contributed by atoms with van der Waals surface area (Å²) in [4.78, 5) is 14.9. The molecule has 2 aromatic carbocycles. The summed E-state index contributed by atoms with van der Waals surface area (Å²) >= 11 is 0. The molecule has 1 aliphatic carbocycles. The second-order valence-electron chi connectivity index (χ2n) is 8.29. The molecule has 0 aromatic heterocycles. The number of rotatable bonds is 6. The van der Waals surface area contributed by atoms with Gasteiger partial charge in [0.15, 0.2) is 0 Å². The highest BCUT2D eigenvalue weighted by atomic mass is 16.5. The van der Waals surface area contributed by atoms with Gasteiger partial charge >= 0.3 is 6.03 Å². The Bertz CT molecular complexity index is 795. The first-order chi connectivity index (χ1) is 14.2. The van der Waals surface area contributed by atoms with Crippen molar-refractivity contribution in [2.24, 2.45) is 0 Å². The third-order valence-corrected chi connectivity index (χ3v) is 6.55. The summed E-state index contributed by atoms with van der Waals surface area (Å²) in [5, 5.41) is 6.33. The van der Waals surface area contributed by atoms with Gasteiger partial charge < -0.3 is 20.3 Å². The molecule has 5 nitrogen and oxygen atoms in total. The van der Waals surface area contributed by atoms with Crippen LogP contribution in [0.2, 0.25) is 0 Å². The average Bonchev–Trinajstić information content (AvgIpc) is 2.74. The molecule has 1 saturated carbocycles. The smallest absolute Gasteiger partial charge is 0.315 e. The summed E-state index contributed by atoms with van der Waals surface area (Å²) in [6.07, 6.45) is 5.46. The topological polar surface area (TPSA) is 53.6 Å². The first kappa shape index (κ1) is 19.6. The molecule has 0 unspecified atom stereocenters. The first-order valence-electron chi connectivity index (χ1n) is 10.7. The predicted molar refractivity (Wildman–Crippen MR) is 117 cm³/mol. The number of carbonyl (C=O) groups excluding carboxylic acids is 1. The van der Waals surface area contributed by atoms with E-state index >= 15 is 0 Å². The number of urea groups is 1. The number of benzene rings is 2. The molecule has 0 radical (unpaired) electrons. The summed E-state index contributed by atoms with van der Waals surface area (Å²) in [6, 6.07) is 19.0. The Balaban J connectivity index is 1.24. The van der Waals surface area contributed by atoms with E-state index in [1.165, 1.54) is 17.7 Å². The van der Waals surface area contributed by atoms with Crippen LogP contribution in [0.5, 0.6) is 5.75 Å². The van der Waals surface area contributed by atoms with Crippen LogP contribution in [-0.2, 0) is 5.41 Å². The predicted octanol–water partition coefficient (Wildman–Crippen LogP) is 4.09. The van der Waals surface area contributed by atoms with Gasteiger partial charge in [-0.15, -0.1) is 0 Å². The highest BCUT2D eigenvalue weighted by Gasteiger charge is 2.38. The van der Waals surface area contributed by atoms with Crippen molar-refractivity contribution >= 4 is 11.7 Å². The monoisotopic (exact) mass is 393 g/mol. The molecular weight excluding hydrogens is 362 g/mol. The van der Waals surface area contributed by atoms with Gasteiger partial charge in [-0.1, -0.05) is 36.8 Å². The third-order valence-electron chi connectivity index (χ3n) is 6.55. The van der Waals surface area contributed by atoms with E-state index in [1.807, 2.05) is 18.2 Å². The molecular formula is C24H31N3O2. The van der Waals surface area contributed by atoms with Crippen molar-refractivity contribution in [2.75, 3.05) is 31.6 Å². The minimum absolute atomic E-state index is 0.0323. The minimum atomic E-state index is -0.0323. The zero-order chi connectivity index (χ0) is 20.1. The van der Waals surface area contributed by atoms with Crippen LogP contribution in [0, 0.1) is 0 Å². The van der Waals surface area contributed by atoms with E-state index in [2.05, 4.69) is 51.9 Å². The number of methoxy groups -OCH3 is 1. The zero-order valence-corrected chi connectivity index (χ0v) is 17.2. The van der Waals surface area contributed by atoms with Crippen molar-refractivity contribution in [3.05, 3.63) is 60.2 Å². The van der Waals surface area contributed by atoms with Crippen LogP contribution in [-0.4, -0.2) is 38.8 Å². The average molecular weight is 394 g/mol. The molecule has 0 bridgehead atoms. The van der Waals surface area contributed by atoms with Crippen molar-refractivity contribution in [3.8, 4) is 5.75 Å². The maximum atomic E-state index is 12.5. The van der Waals surface area contributed by atoms with Crippen LogP contribution in [0.15, 0.2) is 54.6 Å². The fourth-order valence-corrected chi connectivity index (χ4v) is 4.52. The Morgan fingerprint density at radius 1 is 1.07 bits per heavy atom. The van der Waals surface area contributed by atoms with Crippen molar-refractivity contribution in [1.29, 1.82) is 0 Å². The van der Waals surface area contributed by atoms with Crippen molar-refractivity contribution in [1.82, 2.24) is 10.6 Å². The van der Waals surface area contributed by atoms with E-state index in [0.717, 1.165) is 44.5 Å². The van der Waals surface area contributed by atoms with Crippen LogP contribution in [0.25, 0.3) is 0 Å². The molecule has 2 N–H and O–H groups in total. The molecule has 154 valence electrons. The highest BCUT2D eigenvalue weighted by molar-refractivity contribution is 5.74. The second kappa shape index (κ2) is 8.76. The van der Waals surface area contributed by atoms with Crippen LogP contribution in [0.1, 0.15) is 37.7 Å². The number of anilines is 1. The molecule has 2 fully saturated rings. The van der Waals surface area contributed by atoms with E-state index in [1.54, 1.807) is 7.11 Å². The summed E-state index contributed by atoms with van der Waals surface area (Å²) < 4.78 is 5.23. The number of hydrogen-bond acceptors (Lipinski definition) is 3. The second-order valence-corrected chi connectivity index (χ2v) is 8.29. The summed E-state index contributed by atoms with van der Waals surface area (Å²) in [6.45, 7) is 2.62. The Labute approximate surface area is 173 Å². The maximum Gasteiger partial charge on any atom is 0.315 e. The van der Waals surface area contributed by atoms with Crippen LogP contribution in [0.3, 0.4) is 0 Å². The Kier molecular flexibility index (Phi) is 5.93. The number of nitrogens with one attached hydrogen (secondary N) is 2. The lowest BCUT2D eigenvalue weighted by Gasteiger charge is -2.42. The molecule has 0 spiro atoms. The number of nitrogens with zero attached hydrogens (tertiary/aromatic N) is 1. The molecule has 4 rings (SSSR count). The lowest BCUT2D eigenvalue weighted by atomic mass is 9.64. The van der Waals surface area contributed by atoms with Gasteiger partial charge in [-0.05, 0) is 55.5 Å². The van der Waals surface area contributed by atoms with Gasteiger partial charge in [0.1, 0.15) is 5.75 Å². The van der Waals surface area contributed by atoms with E-state index in [9.17, 15) is 4.79 Å². The van der Waals surface area contributed by atoms with Gasteiger partial charge in [0.05, 0.1) is 7.11 Å². The van der Waals surface area contributed by atoms with Crippen molar-refractivity contribution < 1.29 is 9.53 Å². The number of ether oxygens (including phenoxy) is 1. The molecule has 2 amide bonds. The lowest BCUT2D eigenvalue weighted by molar-refractivity contribution is 0.211. The molecule has 1 heterocycles. The quantitative estimate of drug-likeness (QED) is 0.777. The molecule has 5 heteroatoms. The van der Waals surface area contributed by atoms with E-state index < -0.39 is 0 Å². The van der Waals surface area contributed by atoms with E-state index in [0.29, 0.717) is 6.54 Å². The first-order valence-corrected chi connectivity index (χ1v) is 10.7. The normalized spacial score (nSPS) is 18.6. The molecule has 29 heavy (non-hydrogen) atoms.